The fourth-order valence-electron chi connectivity index (χ4n) is 3.48. The summed E-state index contributed by atoms with van der Waals surface area (Å²) < 4.78 is 5.47. The normalized spacial score (nSPS) is 16.4. The molecule has 4 rings (SSSR count). The number of hydrogen-bond donors (Lipinski definition) is 1. The number of anilines is 1. The van der Waals surface area contributed by atoms with E-state index in [2.05, 4.69) is 59.1 Å². The highest BCUT2D eigenvalue weighted by Crippen LogP contribution is 2.37. The molecular formula is C21H26N4OS2. The van der Waals surface area contributed by atoms with Gasteiger partial charge in [-0.2, -0.15) is 11.8 Å². The molecule has 28 heavy (non-hydrogen) atoms. The minimum atomic E-state index is 0.341. The van der Waals surface area contributed by atoms with Gasteiger partial charge in [0.25, 0.3) is 0 Å². The van der Waals surface area contributed by atoms with E-state index in [9.17, 15) is 0 Å². The van der Waals surface area contributed by atoms with E-state index in [0.29, 0.717) is 6.04 Å². The van der Waals surface area contributed by atoms with Crippen LogP contribution >= 0.6 is 23.1 Å². The highest BCUT2D eigenvalue weighted by molar-refractivity contribution is 7.98. The number of morpholine rings is 1. The monoisotopic (exact) mass is 414 g/mol. The Morgan fingerprint density at radius 3 is 2.75 bits per heavy atom. The molecule has 1 fully saturated rings. The quantitative estimate of drug-likeness (QED) is 0.620. The lowest BCUT2D eigenvalue weighted by Crippen LogP contribution is -2.36. The first-order valence-electron chi connectivity index (χ1n) is 9.63. The van der Waals surface area contributed by atoms with Crippen molar-refractivity contribution in [2.75, 3.05) is 43.6 Å². The molecule has 5 nitrogen and oxygen atoms in total. The van der Waals surface area contributed by atoms with Crippen LogP contribution in [-0.2, 0) is 11.3 Å². The van der Waals surface area contributed by atoms with E-state index in [1.807, 2.05) is 11.8 Å². The maximum Gasteiger partial charge on any atom is 0.146 e. The fourth-order valence-corrected chi connectivity index (χ4v) is 5.02. The molecule has 0 saturated carbocycles. The van der Waals surface area contributed by atoms with Crippen molar-refractivity contribution < 1.29 is 4.74 Å². The second-order valence-corrected chi connectivity index (χ2v) is 8.84. The summed E-state index contributed by atoms with van der Waals surface area (Å²) in [6.07, 6.45) is 2.14. The van der Waals surface area contributed by atoms with Gasteiger partial charge in [0.1, 0.15) is 16.5 Å². The molecule has 1 unspecified atom stereocenters. The lowest BCUT2D eigenvalue weighted by atomic mass is 10.1. The number of benzene rings is 1. The summed E-state index contributed by atoms with van der Waals surface area (Å²) in [7, 11) is 0. The van der Waals surface area contributed by atoms with E-state index in [4.69, 9.17) is 14.7 Å². The predicted molar refractivity (Wildman–Crippen MR) is 120 cm³/mol. The average Bonchev–Trinajstić information content (AvgIpc) is 3.14. The Morgan fingerprint density at radius 1 is 1.21 bits per heavy atom. The summed E-state index contributed by atoms with van der Waals surface area (Å²) in [6, 6.07) is 10.9. The van der Waals surface area contributed by atoms with Crippen LogP contribution in [0.25, 0.3) is 21.3 Å². The van der Waals surface area contributed by atoms with Crippen molar-refractivity contribution >= 4 is 39.1 Å². The number of aromatic nitrogens is 2. The topological polar surface area (TPSA) is 50.3 Å². The van der Waals surface area contributed by atoms with Gasteiger partial charge in [0, 0.05) is 35.8 Å². The zero-order valence-electron chi connectivity index (χ0n) is 16.4. The molecule has 0 aliphatic carbocycles. The molecule has 0 bridgehead atoms. The Hall–Kier alpha value is -1.67. The van der Waals surface area contributed by atoms with Gasteiger partial charge >= 0.3 is 0 Å². The Morgan fingerprint density at radius 2 is 2.00 bits per heavy atom. The maximum absolute atomic E-state index is 5.47. The van der Waals surface area contributed by atoms with Crippen molar-refractivity contribution in [3.63, 3.8) is 0 Å². The van der Waals surface area contributed by atoms with Crippen LogP contribution in [0.4, 0.5) is 5.82 Å². The van der Waals surface area contributed by atoms with Crippen molar-refractivity contribution in [3.05, 3.63) is 41.5 Å². The van der Waals surface area contributed by atoms with Crippen LogP contribution < -0.4 is 5.32 Å². The first kappa shape index (κ1) is 19.6. The third kappa shape index (κ3) is 4.49. The maximum atomic E-state index is 5.47. The number of rotatable bonds is 7. The zero-order chi connectivity index (χ0) is 19.3. The molecule has 1 aliphatic heterocycles. The number of fused-ring (bicyclic) bond motifs is 1. The van der Waals surface area contributed by atoms with Gasteiger partial charge in [-0.25, -0.2) is 9.97 Å². The van der Waals surface area contributed by atoms with Crippen LogP contribution in [0.15, 0.2) is 35.7 Å². The van der Waals surface area contributed by atoms with Crippen LogP contribution in [0.2, 0.25) is 0 Å². The average molecular weight is 415 g/mol. The molecule has 1 aromatic carbocycles. The SMILES string of the molecule is CSCC(C)Nc1nc(CN2CCOCC2)nc2scc(-c3ccccc3)c12. The number of thioether (sulfide) groups is 1. The second kappa shape index (κ2) is 9.22. The van der Waals surface area contributed by atoms with Gasteiger partial charge in [-0.05, 0) is 18.7 Å². The molecule has 1 saturated heterocycles. The van der Waals surface area contributed by atoms with Gasteiger partial charge in [-0.15, -0.1) is 11.3 Å². The van der Waals surface area contributed by atoms with Crippen molar-refractivity contribution in [1.82, 2.24) is 14.9 Å². The summed E-state index contributed by atoms with van der Waals surface area (Å²) in [5, 5.41) is 6.99. The van der Waals surface area contributed by atoms with E-state index >= 15 is 0 Å². The highest BCUT2D eigenvalue weighted by atomic mass is 32.2. The van der Waals surface area contributed by atoms with Crippen molar-refractivity contribution in [2.24, 2.45) is 0 Å². The van der Waals surface area contributed by atoms with Crippen molar-refractivity contribution in [1.29, 1.82) is 0 Å². The lowest BCUT2D eigenvalue weighted by Gasteiger charge is -2.26. The summed E-state index contributed by atoms with van der Waals surface area (Å²) in [4.78, 5) is 13.3. The Kier molecular flexibility index (Phi) is 6.47. The minimum Gasteiger partial charge on any atom is -0.379 e. The molecule has 3 heterocycles. The van der Waals surface area contributed by atoms with Crippen molar-refractivity contribution in [2.45, 2.75) is 19.5 Å². The zero-order valence-corrected chi connectivity index (χ0v) is 18.0. The first-order chi connectivity index (χ1) is 13.7. The molecule has 0 radical (unpaired) electrons. The van der Waals surface area contributed by atoms with E-state index in [-0.39, 0.29) is 0 Å². The number of nitrogens with zero attached hydrogens (tertiary/aromatic N) is 3. The van der Waals surface area contributed by atoms with Gasteiger partial charge in [0.2, 0.25) is 0 Å². The van der Waals surface area contributed by atoms with Crippen LogP contribution in [0.1, 0.15) is 12.7 Å². The van der Waals surface area contributed by atoms with E-state index in [0.717, 1.165) is 60.5 Å². The molecule has 0 amide bonds. The van der Waals surface area contributed by atoms with Gasteiger partial charge in [-0.1, -0.05) is 30.3 Å². The number of hydrogen-bond acceptors (Lipinski definition) is 7. The van der Waals surface area contributed by atoms with Crippen LogP contribution in [-0.4, -0.2) is 59.2 Å². The molecule has 1 atom stereocenters. The molecular weight excluding hydrogens is 388 g/mol. The summed E-state index contributed by atoms with van der Waals surface area (Å²) in [5.41, 5.74) is 2.41. The minimum absolute atomic E-state index is 0.341. The van der Waals surface area contributed by atoms with Gasteiger partial charge in [0.15, 0.2) is 0 Å². The molecule has 2 aromatic heterocycles. The Bertz CT molecular complexity index is 909. The first-order valence-corrected chi connectivity index (χ1v) is 11.9. The smallest absolute Gasteiger partial charge is 0.146 e. The fraction of sp³-hybridized carbons (Fsp3) is 0.429. The molecule has 148 valence electrons. The largest absolute Gasteiger partial charge is 0.379 e. The standard InChI is InChI=1S/C21H26N4OS2/c1-15(13-27-2)22-20-19-17(16-6-4-3-5-7-16)14-28-21(19)24-18(23-20)12-25-8-10-26-11-9-25/h3-7,14-15H,8-13H2,1-2H3,(H,22,23,24). The molecule has 1 N–H and O–H groups in total. The molecule has 7 heteroatoms. The Balaban J connectivity index is 1.73. The molecule has 0 spiro atoms. The number of ether oxygens (including phenoxy) is 1. The number of thiophene rings is 1. The third-order valence-electron chi connectivity index (χ3n) is 4.83. The summed E-state index contributed by atoms with van der Waals surface area (Å²) in [5.74, 6) is 2.87. The van der Waals surface area contributed by atoms with E-state index in [1.54, 1.807) is 11.3 Å². The molecule has 3 aromatic rings. The van der Waals surface area contributed by atoms with Gasteiger partial charge in [-0.3, -0.25) is 4.90 Å². The molecule has 1 aliphatic rings. The van der Waals surface area contributed by atoms with Gasteiger partial charge in [0.05, 0.1) is 25.1 Å². The second-order valence-electron chi connectivity index (χ2n) is 7.07. The van der Waals surface area contributed by atoms with Gasteiger partial charge < -0.3 is 10.1 Å². The predicted octanol–water partition coefficient (Wildman–Crippen LogP) is 4.35. The highest BCUT2D eigenvalue weighted by Gasteiger charge is 2.19. The summed E-state index contributed by atoms with van der Waals surface area (Å²) >= 11 is 3.54. The van der Waals surface area contributed by atoms with E-state index < -0.39 is 0 Å². The Labute approximate surface area is 174 Å². The third-order valence-corrected chi connectivity index (χ3v) is 6.54. The van der Waals surface area contributed by atoms with Crippen LogP contribution in [0, 0.1) is 0 Å². The van der Waals surface area contributed by atoms with E-state index in [1.165, 1.54) is 11.1 Å². The van der Waals surface area contributed by atoms with Crippen LogP contribution in [0.3, 0.4) is 0 Å². The number of nitrogens with one attached hydrogen (secondary N) is 1. The summed E-state index contributed by atoms with van der Waals surface area (Å²) in [6.45, 7) is 6.42. The lowest BCUT2D eigenvalue weighted by molar-refractivity contribution is 0.0331. The van der Waals surface area contributed by atoms with Crippen LogP contribution in [0.5, 0.6) is 0 Å². The van der Waals surface area contributed by atoms with Crippen molar-refractivity contribution in [3.8, 4) is 11.1 Å².